The highest BCUT2D eigenvalue weighted by molar-refractivity contribution is 6.00. The van der Waals surface area contributed by atoms with Gasteiger partial charge in [-0.1, -0.05) is 26.0 Å². The molecule has 5 nitrogen and oxygen atoms in total. The quantitative estimate of drug-likeness (QED) is 0.785. The standard InChI is InChI=1S/C23H22N2O3/c1-23(2)12-18(26)21-19(13-23)28-22(25-10-4-5-11-25)17(14-24)20(21)15-6-8-16(27-3)9-7-15/h4-11,20H,12-13H2,1-3H3/t20-/m0/s1. The van der Waals surface area contributed by atoms with Crippen molar-refractivity contribution in [3.05, 3.63) is 71.3 Å². The van der Waals surface area contributed by atoms with Crippen LogP contribution in [0.4, 0.5) is 0 Å². The van der Waals surface area contributed by atoms with Crippen LogP contribution in [0.2, 0.25) is 0 Å². The smallest absolute Gasteiger partial charge is 0.218 e. The molecule has 0 amide bonds. The molecule has 28 heavy (non-hydrogen) atoms. The average molecular weight is 374 g/mol. The summed E-state index contributed by atoms with van der Waals surface area (Å²) in [4.78, 5) is 13.1. The minimum Gasteiger partial charge on any atom is -0.497 e. The molecule has 0 saturated carbocycles. The number of hydrogen-bond acceptors (Lipinski definition) is 4. The Morgan fingerprint density at radius 3 is 2.46 bits per heavy atom. The van der Waals surface area contributed by atoms with Crippen molar-refractivity contribution < 1.29 is 14.3 Å². The van der Waals surface area contributed by atoms with E-state index in [9.17, 15) is 10.1 Å². The number of carbonyl (C=O) groups excluding carboxylic acids is 1. The maximum absolute atomic E-state index is 13.1. The molecule has 1 atom stereocenters. The Labute approximate surface area is 164 Å². The van der Waals surface area contributed by atoms with Gasteiger partial charge in [-0.25, -0.2) is 0 Å². The molecule has 1 aromatic carbocycles. The second-order valence-corrected chi connectivity index (χ2v) is 8.01. The van der Waals surface area contributed by atoms with Crippen LogP contribution in [0, 0.1) is 16.7 Å². The van der Waals surface area contributed by atoms with E-state index in [1.807, 2.05) is 48.8 Å². The zero-order valence-electron chi connectivity index (χ0n) is 16.2. The highest BCUT2D eigenvalue weighted by atomic mass is 16.5. The lowest BCUT2D eigenvalue weighted by atomic mass is 9.70. The molecule has 0 bridgehead atoms. The van der Waals surface area contributed by atoms with E-state index in [0.717, 1.165) is 11.3 Å². The van der Waals surface area contributed by atoms with Crippen LogP contribution < -0.4 is 4.74 Å². The SMILES string of the molecule is COc1ccc([C@H]2C(C#N)=C(n3cccc3)OC3=C2C(=O)CC(C)(C)C3)cc1. The number of Topliss-reactive ketones (excluding diaryl/α,β-unsaturated/α-hetero) is 1. The first-order chi connectivity index (χ1) is 13.4. The van der Waals surface area contributed by atoms with E-state index in [-0.39, 0.29) is 11.2 Å². The number of aromatic nitrogens is 1. The van der Waals surface area contributed by atoms with Crippen LogP contribution in [0.1, 0.15) is 38.2 Å². The second-order valence-electron chi connectivity index (χ2n) is 8.01. The van der Waals surface area contributed by atoms with Gasteiger partial charge in [0.05, 0.1) is 13.0 Å². The Bertz CT molecular complexity index is 1020. The fourth-order valence-corrected chi connectivity index (χ4v) is 4.03. The number of allylic oxidation sites excluding steroid dienone is 3. The van der Waals surface area contributed by atoms with Crippen LogP contribution >= 0.6 is 0 Å². The van der Waals surface area contributed by atoms with Gasteiger partial charge in [-0.3, -0.25) is 9.36 Å². The van der Waals surface area contributed by atoms with E-state index in [2.05, 4.69) is 19.9 Å². The zero-order valence-corrected chi connectivity index (χ0v) is 16.2. The summed E-state index contributed by atoms with van der Waals surface area (Å²) in [6, 6.07) is 13.6. The maximum Gasteiger partial charge on any atom is 0.218 e. The summed E-state index contributed by atoms with van der Waals surface area (Å²) in [5, 5.41) is 10.0. The molecule has 142 valence electrons. The number of nitrogens with zero attached hydrogens (tertiary/aromatic N) is 2. The first-order valence-corrected chi connectivity index (χ1v) is 9.29. The molecule has 4 rings (SSSR count). The van der Waals surface area contributed by atoms with Gasteiger partial charge in [0.25, 0.3) is 0 Å². The number of ether oxygens (including phenoxy) is 2. The molecular formula is C23H22N2O3. The lowest BCUT2D eigenvalue weighted by molar-refractivity contribution is -0.118. The van der Waals surface area contributed by atoms with Crippen molar-refractivity contribution in [1.29, 1.82) is 5.26 Å². The first kappa shape index (κ1) is 18.1. The largest absolute Gasteiger partial charge is 0.497 e. The summed E-state index contributed by atoms with van der Waals surface area (Å²) in [7, 11) is 1.61. The third kappa shape index (κ3) is 3.01. The number of benzene rings is 1. The lowest BCUT2D eigenvalue weighted by Crippen LogP contribution is -2.32. The molecule has 0 fully saturated rings. The fourth-order valence-electron chi connectivity index (χ4n) is 4.03. The Hall–Kier alpha value is -3.26. The van der Waals surface area contributed by atoms with E-state index >= 15 is 0 Å². The topological polar surface area (TPSA) is 64.2 Å². The van der Waals surface area contributed by atoms with E-state index in [4.69, 9.17) is 9.47 Å². The maximum atomic E-state index is 13.1. The third-order valence-corrected chi connectivity index (χ3v) is 5.32. The Kier molecular flexibility index (Phi) is 4.35. The number of ketones is 1. The van der Waals surface area contributed by atoms with Gasteiger partial charge in [-0.05, 0) is 35.2 Å². The molecule has 2 aromatic rings. The normalized spacial score (nSPS) is 21.1. The monoisotopic (exact) mass is 374 g/mol. The van der Waals surface area contributed by atoms with Crippen LogP contribution in [0.3, 0.4) is 0 Å². The summed E-state index contributed by atoms with van der Waals surface area (Å²) in [6.45, 7) is 4.14. The highest BCUT2D eigenvalue weighted by Gasteiger charge is 2.43. The Morgan fingerprint density at radius 2 is 1.86 bits per heavy atom. The molecule has 2 heterocycles. The van der Waals surface area contributed by atoms with Crippen molar-refractivity contribution in [2.24, 2.45) is 5.41 Å². The summed E-state index contributed by atoms with van der Waals surface area (Å²) in [5.74, 6) is 1.48. The van der Waals surface area contributed by atoms with Crippen molar-refractivity contribution in [1.82, 2.24) is 4.57 Å². The van der Waals surface area contributed by atoms with Crippen molar-refractivity contribution in [2.75, 3.05) is 7.11 Å². The molecule has 1 aromatic heterocycles. The summed E-state index contributed by atoms with van der Waals surface area (Å²) >= 11 is 0. The Balaban J connectivity index is 1.92. The predicted octanol–water partition coefficient (Wildman–Crippen LogP) is 4.65. The molecule has 1 aliphatic carbocycles. The van der Waals surface area contributed by atoms with E-state index in [1.54, 1.807) is 11.7 Å². The molecule has 0 spiro atoms. The minimum atomic E-state index is -0.444. The van der Waals surface area contributed by atoms with Gasteiger partial charge in [0.2, 0.25) is 5.88 Å². The van der Waals surface area contributed by atoms with Crippen molar-refractivity contribution in [3.8, 4) is 11.8 Å². The number of carbonyl (C=O) groups is 1. The first-order valence-electron chi connectivity index (χ1n) is 9.29. The zero-order chi connectivity index (χ0) is 19.9. The van der Waals surface area contributed by atoms with Crippen LogP contribution in [-0.4, -0.2) is 17.5 Å². The van der Waals surface area contributed by atoms with E-state index < -0.39 is 5.92 Å². The molecule has 0 radical (unpaired) electrons. The number of rotatable bonds is 3. The Morgan fingerprint density at radius 1 is 1.18 bits per heavy atom. The van der Waals surface area contributed by atoms with Gasteiger partial charge in [-0.2, -0.15) is 5.26 Å². The fraction of sp³-hybridized carbons (Fsp3) is 0.304. The summed E-state index contributed by atoms with van der Waals surface area (Å²) in [6.07, 6.45) is 4.79. The van der Waals surface area contributed by atoms with Crippen LogP contribution in [0.5, 0.6) is 5.75 Å². The van der Waals surface area contributed by atoms with Crippen LogP contribution in [0.15, 0.2) is 65.7 Å². The van der Waals surface area contributed by atoms with Crippen molar-refractivity contribution in [2.45, 2.75) is 32.6 Å². The number of nitriles is 1. The third-order valence-electron chi connectivity index (χ3n) is 5.32. The number of hydrogen-bond donors (Lipinski definition) is 0. The molecule has 0 N–H and O–H groups in total. The number of methoxy groups -OCH3 is 1. The molecule has 5 heteroatoms. The van der Waals surface area contributed by atoms with E-state index in [1.165, 1.54) is 0 Å². The average Bonchev–Trinajstić information content (AvgIpc) is 3.20. The highest BCUT2D eigenvalue weighted by Crippen LogP contribution is 2.49. The molecular weight excluding hydrogens is 352 g/mol. The summed E-state index contributed by atoms with van der Waals surface area (Å²) in [5.41, 5.74) is 1.75. The predicted molar refractivity (Wildman–Crippen MR) is 105 cm³/mol. The van der Waals surface area contributed by atoms with Crippen LogP contribution in [0.25, 0.3) is 5.88 Å². The molecule has 0 saturated heterocycles. The van der Waals surface area contributed by atoms with Gasteiger partial charge in [0.15, 0.2) is 5.78 Å². The molecule has 1 aliphatic heterocycles. The van der Waals surface area contributed by atoms with Crippen molar-refractivity contribution in [3.63, 3.8) is 0 Å². The van der Waals surface area contributed by atoms with E-state index in [0.29, 0.717) is 35.6 Å². The van der Waals surface area contributed by atoms with Gasteiger partial charge in [0, 0.05) is 30.8 Å². The van der Waals surface area contributed by atoms with Crippen LogP contribution in [-0.2, 0) is 9.53 Å². The van der Waals surface area contributed by atoms with Gasteiger partial charge in [-0.15, -0.1) is 0 Å². The second kappa shape index (κ2) is 6.72. The minimum absolute atomic E-state index is 0.0476. The lowest BCUT2D eigenvalue weighted by Gasteiger charge is -2.38. The van der Waals surface area contributed by atoms with Gasteiger partial charge in [0.1, 0.15) is 23.2 Å². The van der Waals surface area contributed by atoms with Gasteiger partial charge < -0.3 is 9.47 Å². The van der Waals surface area contributed by atoms with Gasteiger partial charge >= 0.3 is 0 Å². The van der Waals surface area contributed by atoms with Crippen molar-refractivity contribution >= 4 is 11.7 Å². The molecule has 0 unspecified atom stereocenters. The summed E-state index contributed by atoms with van der Waals surface area (Å²) < 4.78 is 13.3. The molecule has 2 aliphatic rings.